The monoisotopic (exact) mass is 389 g/mol. The fourth-order valence-corrected chi connectivity index (χ4v) is 3.47. The molecule has 0 spiro atoms. The van der Waals surface area contributed by atoms with E-state index in [2.05, 4.69) is 31.9 Å². The van der Waals surface area contributed by atoms with Gasteiger partial charge in [0, 0.05) is 22.4 Å². The molecule has 104 valence electrons. The fraction of sp³-hybridized carbons (Fsp3) is 0.500. The zero-order valence-corrected chi connectivity index (χ0v) is 14.0. The molecule has 0 aromatic heterocycles. The van der Waals surface area contributed by atoms with E-state index in [1.807, 2.05) is 17.0 Å². The van der Waals surface area contributed by atoms with E-state index in [9.17, 15) is 4.79 Å². The van der Waals surface area contributed by atoms with Crippen LogP contribution in [0.1, 0.15) is 29.6 Å². The van der Waals surface area contributed by atoms with Gasteiger partial charge >= 0.3 is 0 Å². The van der Waals surface area contributed by atoms with Gasteiger partial charge in [-0.25, -0.2) is 0 Å². The van der Waals surface area contributed by atoms with Crippen molar-refractivity contribution in [1.82, 2.24) is 4.90 Å². The molecule has 1 amide bonds. The van der Waals surface area contributed by atoms with Gasteiger partial charge in [0.05, 0.1) is 12.7 Å². The Morgan fingerprint density at radius 3 is 2.95 bits per heavy atom. The molecule has 5 heteroatoms. The Morgan fingerprint density at radius 1 is 1.47 bits per heavy atom. The number of halogens is 2. The smallest absolute Gasteiger partial charge is 0.255 e. The van der Waals surface area contributed by atoms with E-state index in [4.69, 9.17) is 4.74 Å². The van der Waals surface area contributed by atoms with Gasteiger partial charge in [-0.2, -0.15) is 0 Å². The Kier molecular flexibility index (Phi) is 5.28. The Morgan fingerprint density at radius 2 is 2.26 bits per heavy atom. The summed E-state index contributed by atoms with van der Waals surface area (Å²) in [5.74, 6) is 0.786. The van der Waals surface area contributed by atoms with Gasteiger partial charge in [-0.05, 0) is 53.4 Å². The Bertz CT molecular complexity index is 465. The van der Waals surface area contributed by atoms with Crippen molar-refractivity contribution in [2.45, 2.75) is 25.3 Å². The summed E-state index contributed by atoms with van der Waals surface area (Å²) in [4.78, 5) is 14.6. The number of piperidine rings is 1. The van der Waals surface area contributed by atoms with Crippen molar-refractivity contribution >= 4 is 37.8 Å². The van der Waals surface area contributed by atoms with Crippen LogP contribution in [0.3, 0.4) is 0 Å². The van der Waals surface area contributed by atoms with Gasteiger partial charge in [-0.1, -0.05) is 15.9 Å². The SMILES string of the molecule is COc1ccc(Br)c(C(=O)N2CCCCC2CBr)c1. The van der Waals surface area contributed by atoms with Gasteiger partial charge in [0.25, 0.3) is 5.91 Å². The predicted molar refractivity (Wildman–Crippen MR) is 83.2 cm³/mol. The lowest BCUT2D eigenvalue weighted by Crippen LogP contribution is -2.44. The largest absolute Gasteiger partial charge is 0.497 e. The van der Waals surface area contributed by atoms with E-state index in [1.165, 1.54) is 6.42 Å². The number of carbonyl (C=O) groups is 1. The van der Waals surface area contributed by atoms with E-state index in [0.717, 1.165) is 29.2 Å². The fourth-order valence-electron chi connectivity index (χ4n) is 2.38. The van der Waals surface area contributed by atoms with Crippen molar-refractivity contribution in [3.05, 3.63) is 28.2 Å². The van der Waals surface area contributed by atoms with Crippen LogP contribution >= 0.6 is 31.9 Å². The summed E-state index contributed by atoms with van der Waals surface area (Å²) in [7, 11) is 1.61. The van der Waals surface area contributed by atoms with E-state index in [-0.39, 0.29) is 5.91 Å². The number of methoxy groups -OCH3 is 1. The van der Waals surface area contributed by atoms with Gasteiger partial charge in [0.15, 0.2) is 0 Å². The Labute approximate surface area is 130 Å². The molecule has 2 rings (SSSR count). The molecule has 19 heavy (non-hydrogen) atoms. The molecule has 1 saturated heterocycles. The molecule has 1 aliphatic rings. The molecule has 1 unspecified atom stereocenters. The molecule has 1 fully saturated rings. The normalized spacial score (nSPS) is 19.3. The summed E-state index contributed by atoms with van der Waals surface area (Å²) in [6.45, 7) is 0.832. The highest BCUT2D eigenvalue weighted by molar-refractivity contribution is 9.10. The van der Waals surface area contributed by atoms with Gasteiger partial charge in [0.1, 0.15) is 5.75 Å². The predicted octanol–water partition coefficient (Wildman–Crippen LogP) is 3.85. The first-order valence-corrected chi connectivity index (χ1v) is 8.29. The average Bonchev–Trinajstić information content (AvgIpc) is 2.47. The van der Waals surface area contributed by atoms with E-state index >= 15 is 0 Å². The number of benzene rings is 1. The van der Waals surface area contributed by atoms with Gasteiger partial charge in [0.2, 0.25) is 0 Å². The third-order valence-corrected chi connectivity index (χ3v) is 4.91. The van der Waals surface area contributed by atoms with Crippen molar-refractivity contribution in [2.75, 3.05) is 19.0 Å². The number of carbonyl (C=O) groups excluding carboxylic acids is 1. The molecule has 0 bridgehead atoms. The second-order valence-corrected chi connectivity index (χ2v) is 6.15. The molecule has 0 aliphatic carbocycles. The lowest BCUT2D eigenvalue weighted by Gasteiger charge is -2.35. The third kappa shape index (κ3) is 3.31. The number of likely N-dealkylation sites (tertiary alicyclic amines) is 1. The number of ether oxygens (including phenoxy) is 1. The maximum atomic E-state index is 12.7. The highest BCUT2D eigenvalue weighted by Crippen LogP contribution is 2.27. The number of hydrogen-bond donors (Lipinski definition) is 0. The minimum Gasteiger partial charge on any atom is -0.497 e. The molecule has 0 N–H and O–H groups in total. The molecule has 1 aliphatic heterocycles. The van der Waals surface area contributed by atoms with Crippen molar-refractivity contribution in [2.24, 2.45) is 0 Å². The quantitative estimate of drug-likeness (QED) is 0.733. The van der Waals surface area contributed by atoms with Crippen LogP contribution in [0.4, 0.5) is 0 Å². The summed E-state index contributed by atoms with van der Waals surface area (Å²) in [6, 6.07) is 5.80. The lowest BCUT2D eigenvalue weighted by atomic mass is 10.0. The minimum absolute atomic E-state index is 0.0786. The zero-order chi connectivity index (χ0) is 13.8. The minimum atomic E-state index is 0.0786. The molecule has 1 heterocycles. The van der Waals surface area contributed by atoms with Crippen molar-refractivity contribution in [1.29, 1.82) is 0 Å². The maximum Gasteiger partial charge on any atom is 0.255 e. The van der Waals surface area contributed by atoms with Crippen LogP contribution in [0.2, 0.25) is 0 Å². The molecule has 1 aromatic carbocycles. The van der Waals surface area contributed by atoms with Crippen LogP contribution < -0.4 is 4.74 Å². The van der Waals surface area contributed by atoms with Crippen LogP contribution in [0.25, 0.3) is 0 Å². The van der Waals surface area contributed by atoms with Crippen LogP contribution in [-0.2, 0) is 0 Å². The summed E-state index contributed by atoms with van der Waals surface area (Å²) < 4.78 is 6.02. The third-order valence-electron chi connectivity index (χ3n) is 3.47. The highest BCUT2D eigenvalue weighted by Gasteiger charge is 2.27. The summed E-state index contributed by atoms with van der Waals surface area (Å²) in [6.07, 6.45) is 3.34. The second-order valence-electron chi connectivity index (χ2n) is 4.65. The first-order valence-electron chi connectivity index (χ1n) is 6.38. The van der Waals surface area contributed by atoms with Gasteiger partial charge in [-0.15, -0.1) is 0 Å². The van der Waals surface area contributed by atoms with E-state index in [0.29, 0.717) is 17.4 Å². The Balaban J connectivity index is 2.27. The molecule has 0 saturated carbocycles. The number of amides is 1. The van der Waals surface area contributed by atoms with E-state index in [1.54, 1.807) is 13.2 Å². The second kappa shape index (κ2) is 6.75. The number of rotatable bonds is 3. The first-order chi connectivity index (χ1) is 9.17. The lowest BCUT2D eigenvalue weighted by molar-refractivity contribution is 0.0640. The molecular formula is C14H17Br2NO2. The van der Waals surface area contributed by atoms with Crippen molar-refractivity contribution in [3.63, 3.8) is 0 Å². The molecule has 0 radical (unpaired) electrons. The van der Waals surface area contributed by atoms with E-state index < -0.39 is 0 Å². The molecule has 1 atom stereocenters. The van der Waals surface area contributed by atoms with Crippen LogP contribution in [0, 0.1) is 0 Å². The van der Waals surface area contributed by atoms with Crippen LogP contribution in [-0.4, -0.2) is 35.8 Å². The number of hydrogen-bond acceptors (Lipinski definition) is 2. The van der Waals surface area contributed by atoms with Gasteiger partial charge in [-0.3, -0.25) is 4.79 Å². The number of nitrogens with zero attached hydrogens (tertiary/aromatic N) is 1. The van der Waals surface area contributed by atoms with Crippen LogP contribution in [0.5, 0.6) is 5.75 Å². The molecular weight excluding hydrogens is 374 g/mol. The Hall–Kier alpha value is -0.550. The molecule has 3 nitrogen and oxygen atoms in total. The zero-order valence-electron chi connectivity index (χ0n) is 10.9. The van der Waals surface area contributed by atoms with Gasteiger partial charge < -0.3 is 9.64 Å². The molecule has 1 aromatic rings. The standard InChI is InChI=1S/C14H17Br2NO2/c1-19-11-5-6-13(16)12(8-11)14(18)17-7-3-2-4-10(17)9-15/h5-6,8,10H,2-4,7,9H2,1H3. The average molecular weight is 391 g/mol. The first kappa shape index (κ1) is 14.9. The van der Waals surface area contributed by atoms with Crippen molar-refractivity contribution in [3.8, 4) is 5.75 Å². The summed E-state index contributed by atoms with van der Waals surface area (Å²) in [5.41, 5.74) is 0.673. The van der Waals surface area contributed by atoms with Crippen molar-refractivity contribution < 1.29 is 9.53 Å². The highest BCUT2D eigenvalue weighted by atomic mass is 79.9. The van der Waals surface area contributed by atoms with Crippen LogP contribution in [0.15, 0.2) is 22.7 Å². The number of alkyl halides is 1. The topological polar surface area (TPSA) is 29.5 Å². The maximum absolute atomic E-state index is 12.7. The summed E-state index contributed by atoms with van der Waals surface area (Å²) in [5, 5.41) is 0.834. The summed E-state index contributed by atoms with van der Waals surface area (Å²) >= 11 is 6.96.